The number of hydrogen-bond acceptors (Lipinski definition) is 7. The van der Waals surface area contributed by atoms with Crippen LogP contribution in [0.1, 0.15) is 23.3 Å². The molecule has 1 aliphatic heterocycles. The molecule has 0 radical (unpaired) electrons. The molecule has 0 bridgehead atoms. The van der Waals surface area contributed by atoms with E-state index in [0.29, 0.717) is 11.1 Å². The molecule has 0 aromatic heterocycles. The van der Waals surface area contributed by atoms with E-state index in [1.165, 1.54) is 30.3 Å². The molecule has 25 heavy (non-hydrogen) atoms. The van der Waals surface area contributed by atoms with Gasteiger partial charge in [-0.1, -0.05) is 12.1 Å². The fourth-order valence-corrected chi connectivity index (χ4v) is 3.28. The van der Waals surface area contributed by atoms with Crippen LogP contribution in [0, 0.1) is 11.8 Å². The molecule has 3 rings (SSSR count). The van der Waals surface area contributed by atoms with Crippen molar-refractivity contribution in [1.29, 1.82) is 0 Å². The van der Waals surface area contributed by atoms with E-state index in [2.05, 4.69) is 0 Å². The van der Waals surface area contributed by atoms with E-state index in [4.69, 9.17) is 4.74 Å². The van der Waals surface area contributed by atoms with Crippen LogP contribution < -0.4 is 0 Å². The lowest BCUT2D eigenvalue weighted by molar-refractivity contribution is 0.0632. The maximum atomic E-state index is 10.6. The zero-order chi connectivity index (χ0) is 18.1. The van der Waals surface area contributed by atoms with Crippen molar-refractivity contribution in [3.05, 3.63) is 47.5 Å². The lowest BCUT2D eigenvalue weighted by Gasteiger charge is -2.25. The van der Waals surface area contributed by atoms with E-state index >= 15 is 0 Å². The minimum absolute atomic E-state index is 0.167. The van der Waals surface area contributed by atoms with Gasteiger partial charge in [-0.2, -0.15) is 0 Å². The summed E-state index contributed by atoms with van der Waals surface area (Å²) in [5.74, 6) is -2.06. The van der Waals surface area contributed by atoms with Crippen molar-refractivity contribution in [3.63, 3.8) is 0 Å². The topological polar surface area (TPSA) is 131 Å². The largest absolute Gasteiger partial charge is 0.504 e. The Bertz CT molecular complexity index is 761. The molecule has 7 nitrogen and oxygen atoms in total. The lowest BCUT2D eigenvalue weighted by Crippen LogP contribution is -2.24. The zero-order valence-corrected chi connectivity index (χ0v) is 13.3. The predicted octanol–water partition coefficient (Wildman–Crippen LogP) is 1.54. The number of rotatable bonds is 4. The van der Waals surface area contributed by atoms with Crippen molar-refractivity contribution < 1.29 is 35.4 Å². The third-order valence-corrected chi connectivity index (χ3v) is 4.69. The normalized spacial score (nSPS) is 24.3. The molecule has 1 saturated heterocycles. The molecule has 0 aliphatic carbocycles. The average molecular weight is 348 g/mol. The van der Waals surface area contributed by atoms with E-state index in [9.17, 15) is 30.6 Å². The van der Waals surface area contributed by atoms with Gasteiger partial charge in [0.1, 0.15) is 0 Å². The third-order valence-electron chi connectivity index (χ3n) is 4.69. The van der Waals surface area contributed by atoms with Gasteiger partial charge in [0.2, 0.25) is 0 Å². The minimum Gasteiger partial charge on any atom is -0.504 e. The third kappa shape index (κ3) is 3.21. The van der Waals surface area contributed by atoms with Crippen LogP contribution in [0.3, 0.4) is 0 Å². The highest BCUT2D eigenvalue weighted by Crippen LogP contribution is 2.45. The monoisotopic (exact) mass is 348 g/mol. The van der Waals surface area contributed by atoms with Gasteiger partial charge in [-0.25, -0.2) is 0 Å². The first-order valence-corrected chi connectivity index (χ1v) is 7.86. The number of phenolic OH excluding ortho intramolecular Hbond substituents is 4. The van der Waals surface area contributed by atoms with Crippen LogP contribution in [0.5, 0.6) is 23.0 Å². The molecule has 0 spiro atoms. The zero-order valence-electron chi connectivity index (χ0n) is 13.3. The van der Waals surface area contributed by atoms with Crippen LogP contribution in [0.2, 0.25) is 0 Å². The number of aliphatic hydroxyl groups excluding tert-OH is 2. The Morgan fingerprint density at radius 1 is 0.920 bits per heavy atom. The van der Waals surface area contributed by atoms with Crippen LogP contribution >= 0.6 is 0 Å². The summed E-state index contributed by atoms with van der Waals surface area (Å²) in [7, 11) is 0. The molecule has 0 saturated carbocycles. The van der Waals surface area contributed by atoms with Gasteiger partial charge in [-0.15, -0.1) is 0 Å². The van der Waals surface area contributed by atoms with Gasteiger partial charge in [0, 0.05) is 18.4 Å². The van der Waals surface area contributed by atoms with Crippen molar-refractivity contribution in [2.45, 2.75) is 12.2 Å². The van der Waals surface area contributed by atoms with Crippen LogP contribution in [0.4, 0.5) is 0 Å². The first-order valence-electron chi connectivity index (χ1n) is 7.86. The number of aromatic hydroxyl groups is 4. The fraction of sp³-hybridized carbons (Fsp3) is 0.333. The van der Waals surface area contributed by atoms with Crippen LogP contribution in [0.25, 0.3) is 0 Å². The average Bonchev–Trinajstić information content (AvgIpc) is 3.03. The van der Waals surface area contributed by atoms with Gasteiger partial charge in [-0.3, -0.25) is 0 Å². The summed E-state index contributed by atoms with van der Waals surface area (Å²) in [6.45, 7) is -0.0849. The van der Waals surface area contributed by atoms with E-state index in [1.807, 2.05) is 0 Å². The van der Waals surface area contributed by atoms with Crippen LogP contribution in [0.15, 0.2) is 36.4 Å². The van der Waals surface area contributed by atoms with E-state index < -0.39 is 24.0 Å². The smallest absolute Gasteiger partial charge is 0.157 e. The van der Waals surface area contributed by atoms with Crippen molar-refractivity contribution >= 4 is 0 Å². The standard InChI is InChI=1S/C18H20O7/c19-7-11-12(17(24)9-1-3-13(20)15(22)5-9)8-25-18(11)10-2-4-14(21)16(23)6-10/h1-6,11-12,17-24H,7-8H2. The first kappa shape index (κ1) is 17.3. The molecule has 134 valence electrons. The highest BCUT2D eigenvalue weighted by molar-refractivity contribution is 5.43. The Kier molecular flexibility index (Phi) is 4.71. The second-order valence-corrected chi connectivity index (χ2v) is 6.21. The summed E-state index contributed by atoms with van der Waals surface area (Å²) < 4.78 is 5.72. The Morgan fingerprint density at radius 3 is 2.16 bits per heavy atom. The summed E-state index contributed by atoms with van der Waals surface area (Å²) in [6, 6.07) is 8.34. The molecule has 1 fully saturated rings. The maximum Gasteiger partial charge on any atom is 0.157 e. The molecule has 4 atom stereocenters. The highest BCUT2D eigenvalue weighted by Gasteiger charge is 2.42. The molecule has 6 N–H and O–H groups in total. The molecule has 1 heterocycles. The summed E-state index contributed by atoms with van der Waals surface area (Å²) in [5.41, 5.74) is 0.981. The fourth-order valence-electron chi connectivity index (χ4n) is 3.28. The van der Waals surface area contributed by atoms with Crippen LogP contribution in [-0.4, -0.2) is 43.9 Å². The number of phenols is 4. The van der Waals surface area contributed by atoms with E-state index in [-0.39, 0.29) is 36.2 Å². The predicted molar refractivity (Wildman–Crippen MR) is 87.3 cm³/mol. The maximum absolute atomic E-state index is 10.6. The molecular weight excluding hydrogens is 328 g/mol. The summed E-state index contributed by atoms with van der Waals surface area (Å²) in [5, 5.41) is 58.5. The van der Waals surface area contributed by atoms with Crippen molar-refractivity contribution in [3.8, 4) is 23.0 Å². The molecule has 0 amide bonds. The quantitative estimate of drug-likeness (QED) is 0.462. The lowest BCUT2D eigenvalue weighted by atomic mass is 9.82. The molecular formula is C18H20O7. The first-order chi connectivity index (χ1) is 11.9. The Morgan fingerprint density at radius 2 is 1.56 bits per heavy atom. The summed E-state index contributed by atoms with van der Waals surface area (Å²) in [6.07, 6.45) is -1.57. The molecule has 2 aromatic carbocycles. The number of benzene rings is 2. The van der Waals surface area contributed by atoms with Gasteiger partial charge in [0.25, 0.3) is 0 Å². The minimum atomic E-state index is -1.01. The molecule has 2 aromatic rings. The number of ether oxygens (including phenoxy) is 1. The number of aliphatic hydroxyl groups is 2. The molecule has 1 aliphatic rings. The van der Waals surface area contributed by atoms with Gasteiger partial charge in [0.05, 0.1) is 18.8 Å². The van der Waals surface area contributed by atoms with Crippen LogP contribution in [-0.2, 0) is 4.74 Å². The van der Waals surface area contributed by atoms with Gasteiger partial charge in [0.15, 0.2) is 23.0 Å². The van der Waals surface area contributed by atoms with Gasteiger partial charge >= 0.3 is 0 Å². The molecule has 7 heteroatoms. The Balaban J connectivity index is 1.85. The summed E-state index contributed by atoms with van der Waals surface area (Å²) in [4.78, 5) is 0. The second kappa shape index (κ2) is 6.79. The van der Waals surface area contributed by atoms with Gasteiger partial charge < -0.3 is 35.4 Å². The summed E-state index contributed by atoms with van der Waals surface area (Å²) >= 11 is 0. The Hall–Kier alpha value is -2.48. The van der Waals surface area contributed by atoms with Crippen molar-refractivity contribution in [2.75, 3.05) is 13.2 Å². The molecule has 4 unspecified atom stereocenters. The Labute approximate surface area is 144 Å². The van der Waals surface area contributed by atoms with E-state index in [0.717, 1.165) is 0 Å². The van der Waals surface area contributed by atoms with Crippen molar-refractivity contribution in [1.82, 2.24) is 0 Å². The van der Waals surface area contributed by atoms with E-state index in [1.54, 1.807) is 6.07 Å². The number of hydrogen-bond donors (Lipinski definition) is 6. The SMILES string of the molecule is OCC1C(c2ccc(O)c(O)c2)OCC1C(O)c1ccc(O)c(O)c1. The van der Waals surface area contributed by atoms with Crippen molar-refractivity contribution in [2.24, 2.45) is 11.8 Å². The second-order valence-electron chi connectivity index (χ2n) is 6.21. The highest BCUT2D eigenvalue weighted by atomic mass is 16.5. The van der Waals surface area contributed by atoms with Gasteiger partial charge in [-0.05, 0) is 35.4 Å².